The number of nitrogens with zero attached hydrogens (tertiary/aromatic N) is 1. The first-order valence-electron chi connectivity index (χ1n) is 7.76. The highest BCUT2D eigenvalue weighted by molar-refractivity contribution is 6.06. The Morgan fingerprint density at radius 1 is 0.909 bits per heavy atom. The first kappa shape index (κ1) is 14.7. The van der Waals surface area contributed by atoms with E-state index in [1.807, 2.05) is 36.4 Å². The van der Waals surface area contributed by atoms with Gasteiger partial charge in [0.1, 0.15) is 5.78 Å². The Labute approximate surface area is 131 Å². The highest BCUT2D eigenvalue weighted by Crippen LogP contribution is 2.35. The summed E-state index contributed by atoms with van der Waals surface area (Å²) in [5.41, 5.74) is 4.25. The van der Waals surface area contributed by atoms with Crippen molar-refractivity contribution in [2.45, 2.75) is 33.1 Å². The molecule has 0 bridgehead atoms. The van der Waals surface area contributed by atoms with Crippen LogP contribution in [0.25, 0.3) is 11.1 Å². The Bertz CT molecular complexity index is 713. The molecule has 2 nitrogen and oxygen atoms in total. The summed E-state index contributed by atoms with van der Waals surface area (Å²) in [5.74, 6) is 0.298. The first-order chi connectivity index (χ1) is 10.5. The number of carbonyl (C=O) groups is 1. The summed E-state index contributed by atoms with van der Waals surface area (Å²) in [7, 11) is 0. The van der Waals surface area contributed by atoms with Gasteiger partial charge in [0.15, 0.2) is 0 Å². The normalized spacial score (nSPS) is 19.4. The maximum atomic E-state index is 12.0. The van der Waals surface area contributed by atoms with Crippen molar-refractivity contribution >= 4 is 17.2 Å². The van der Waals surface area contributed by atoms with Crippen molar-refractivity contribution in [1.29, 1.82) is 0 Å². The minimum atomic E-state index is 0.0237. The molecule has 1 aliphatic rings. The Balaban J connectivity index is 1.99. The molecular weight excluding hydrogens is 270 g/mol. The Hall–Kier alpha value is -2.22. The van der Waals surface area contributed by atoms with Gasteiger partial charge in [-0.1, -0.05) is 62.4 Å². The molecule has 2 aromatic rings. The number of carbonyl (C=O) groups excluding carboxylic acids is 1. The van der Waals surface area contributed by atoms with E-state index in [-0.39, 0.29) is 5.41 Å². The van der Waals surface area contributed by atoms with E-state index in [2.05, 4.69) is 32.0 Å². The minimum absolute atomic E-state index is 0.0237. The van der Waals surface area contributed by atoms with Gasteiger partial charge in [-0.25, -0.2) is 0 Å². The van der Waals surface area contributed by atoms with Gasteiger partial charge in [-0.3, -0.25) is 9.79 Å². The molecule has 112 valence electrons. The van der Waals surface area contributed by atoms with Crippen LogP contribution in [-0.4, -0.2) is 11.5 Å². The van der Waals surface area contributed by atoms with E-state index in [9.17, 15) is 4.79 Å². The Kier molecular flexibility index (Phi) is 3.93. The fraction of sp³-hybridized carbons (Fsp3) is 0.300. The van der Waals surface area contributed by atoms with Crippen LogP contribution in [-0.2, 0) is 4.79 Å². The topological polar surface area (TPSA) is 29.4 Å². The summed E-state index contributed by atoms with van der Waals surface area (Å²) in [6.45, 7) is 4.28. The molecule has 0 aromatic heterocycles. The van der Waals surface area contributed by atoms with Gasteiger partial charge in [0, 0.05) is 24.1 Å². The highest BCUT2D eigenvalue weighted by Gasteiger charge is 2.30. The third kappa shape index (κ3) is 3.33. The van der Waals surface area contributed by atoms with Crippen molar-refractivity contribution in [3.63, 3.8) is 0 Å². The van der Waals surface area contributed by atoms with Crippen LogP contribution in [0.5, 0.6) is 0 Å². The number of hydrogen-bond acceptors (Lipinski definition) is 2. The SMILES string of the molecule is CC1(C)CC(=O)CC(=Nc2ccccc2-c2ccccc2)C1. The fourth-order valence-electron chi connectivity index (χ4n) is 3.18. The van der Waals surface area contributed by atoms with Crippen LogP contribution in [0.1, 0.15) is 33.1 Å². The number of ketones is 1. The van der Waals surface area contributed by atoms with Gasteiger partial charge in [0.25, 0.3) is 0 Å². The molecule has 0 spiro atoms. The number of rotatable bonds is 2. The average molecular weight is 291 g/mol. The lowest BCUT2D eigenvalue weighted by Gasteiger charge is -2.29. The summed E-state index contributed by atoms with van der Waals surface area (Å²) in [6, 6.07) is 18.4. The van der Waals surface area contributed by atoms with Crippen molar-refractivity contribution in [2.75, 3.05) is 0 Å². The van der Waals surface area contributed by atoms with Crippen LogP contribution in [0.15, 0.2) is 59.6 Å². The van der Waals surface area contributed by atoms with Gasteiger partial charge in [-0.05, 0) is 23.5 Å². The first-order valence-corrected chi connectivity index (χ1v) is 7.76. The van der Waals surface area contributed by atoms with E-state index in [0.717, 1.165) is 28.9 Å². The number of aliphatic imine (C=N–C) groups is 1. The second kappa shape index (κ2) is 5.88. The van der Waals surface area contributed by atoms with Crippen molar-refractivity contribution < 1.29 is 4.79 Å². The van der Waals surface area contributed by atoms with Gasteiger partial charge in [-0.2, -0.15) is 0 Å². The highest BCUT2D eigenvalue weighted by atomic mass is 16.1. The van der Waals surface area contributed by atoms with Crippen molar-refractivity contribution in [1.82, 2.24) is 0 Å². The van der Waals surface area contributed by atoms with Gasteiger partial charge < -0.3 is 0 Å². The molecule has 0 amide bonds. The Morgan fingerprint density at radius 2 is 1.59 bits per heavy atom. The minimum Gasteiger partial charge on any atom is -0.299 e. The molecule has 1 aliphatic carbocycles. The zero-order valence-electron chi connectivity index (χ0n) is 13.2. The average Bonchev–Trinajstić information content (AvgIpc) is 2.46. The number of hydrogen-bond donors (Lipinski definition) is 0. The predicted octanol–water partition coefficient (Wildman–Crippen LogP) is 5.21. The number of benzene rings is 2. The van der Waals surface area contributed by atoms with E-state index in [4.69, 9.17) is 4.99 Å². The van der Waals surface area contributed by atoms with Crippen LogP contribution in [0.3, 0.4) is 0 Å². The van der Waals surface area contributed by atoms with Crippen molar-refractivity contribution in [2.24, 2.45) is 10.4 Å². The summed E-state index contributed by atoms with van der Waals surface area (Å²) < 4.78 is 0. The molecule has 3 rings (SSSR count). The number of Topliss-reactive ketones (excluding diaryl/α,β-unsaturated/α-hetero) is 1. The molecule has 2 aromatic carbocycles. The molecule has 0 radical (unpaired) electrons. The standard InChI is InChI=1S/C20H21NO/c1-20(2)13-16(12-17(22)14-20)21-19-11-7-6-10-18(19)15-8-4-3-5-9-15/h3-11H,12-14H2,1-2H3. The lowest BCUT2D eigenvalue weighted by Crippen LogP contribution is -2.28. The van der Waals surface area contributed by atoms with E-state index >= 15 is 0 Å². The second-order valence-electron chi connectivity index (χ2n) is 6.79. The third-order valence-corrected chi connectivity index (χ3v) is 4.03. The maximum Gasteiger partial charge on any atom is 0.139 e. The monoisotopic (exact) mass is 291 g/mol. The van der Waals surface area contributed by atoms with Crippen LogP contribution >= 0.6 is 0 Å². The predicted molar refractivity (Wildman–Crippen MR) is 91.6 cm³/mol. The molecule has 0 saturated heterocycles. The zero-order valence-corrected chi connectivity index (χ0v) is 13.2. The summed E-state index contributed by atoms with van der Waals surface area (Å²) in [6.07, 6.45) is 2.04. The van der Waals surface area contributed by atoms with Crippen LogP contribution < -0.4 is 0 Å². The molecule has 0 atom stereocenters. The third-order valence-electron chi connectivity index (χ3n) is 4.03. The molecule has 22 heavy (non-hydrogen) atoms. The smallest absolute Gasteiger partial charge is 0.139 e. The van der Waals surface area contributed by atoms with E-state index < -0.39 is 0 Å². The lowest BCUT2D eigenvalue weighted by molar-refractivity contribution is -0.120. The van der Waals surface area contributed by atoms with Gasteiger partial charge in [0.2, 0.25) is 0 Å². The largest absolute Gasteiger partial charge is 0.299 e. The van der Waals surface area contributed by atoms with E-state index in [1.54, 1.807) is 0 Å². The number of para-hydroxylation sites is 1. The zero-order chi connectivity index (χ0) is 15.6. The van der Waals surface area contributed by atoms with Gasteiger partial charge >= 0.3 is 0 Å². The molecule has 2 heteroatoms. The van der Waals surface area contributed by atoms with Crippen molar-refractivity contribution in [3.05, 3.63) is 54.6 Å². The maximum absolute atomic E-state index is 12.0. The van der Waals surface area contributed by atoms with Gasteiger partial charge in [0.05, 0.1) is 5.69 Å². The molecular formula is C20H21NO. The molecule has 1 saturated carbocycles. The van der Waals surface area contributed by atoms with Crippen LogP contribution in [0, 0.1) is 5.41 Å². The molecule has 0 aliphatic heterocycles. The Morgan fingerprint density at radius 3 is 2.32 bits per heavy atom. The molecule has 1 fully saturated rings. The van der Waals surface area contributed by atoms with Gasteiger partial charge in [-0.15, -0.1) is 0 Å². The molecule has 0 heterocycles. The molecule has 0 N–H and O–H groups in total. The quantitative estimate of drug-likeness (QED) is 0.747. The summed E-state index contributed by atoms with van der Waals surface area (Å²) in [5, 5.41) is 0. The summed E-state index contributed by atoms with van der Waals surface area (Å²) >= 11 is 0. The van der Waals surface area contributed by atoms with Crippen molar-refractivity contribution in [3.8, 4) is 11.1 Å². The summed E-state index contributed by atoms with van der Waals surface area (Å²) in [4.78, 5) is 16.8. The lowest BCUT2D eigenvalue weighted by atomic mass is 9.76. The van der Waals surface area contributed by atoms with E-state index in [1.165, 1.54) is 0 Å². The van der Waals surface area contributed by atoms with E-state index in [0.29, 0.717) is 18.6 Å². The fourth-order valence-corrected chi connectivity index (χ4v) is 3.18. The van der Waals surface area contributed by atoms with Crippen LogP contribution in [0.4, 0.5) is 5.69 Å². The van der Waals surface area contributed by atoms with Crippen LogP contribution in [0.2, 0.25) is 0 Å². The second-order valence-corrected chi connectivity index (χ2v) is 6.79. The molecule has 0 unspecified atom stereocenters.